The Morgan fingerprint density at radius 1 is 1.56 bits per heavy atom. The maximum Gasteiger partial charge on any atom is 0.294 e. The summed E-state index contributed by atoms with van der Waals surface area (Å²) in [6, 6.07) is 2.79. The number of amides is 1. The van der Waals surface area contributed by atoms with Crippen LogP contribution in [0.25, 0.3) is 0 Å². The summed E-state index contributed by atoms with van der Waals surface area (Å²) < 4.78 is 0. The van der Waals surface area contributed by atoms with Crippen LogP contribution < -0.4 is 5.32 Å². The molecule has 0 radical (unpaired) electrons. The molecule has 0 aliphatic carbocycles. The molecule has 0 unspecified atom stereocenters. The Labute approximate surface area is 97.6 Å². The number of nitrogens with zero attached hydrogens (tertiary/aromatic N) is 1. The minimum atomic E-state index is -0.573. The lowest BCUT2D eigenvalue weighted by Gasteiger charge is -2.07. The van der Waals surface area contributed by atoms with Crippen LogP contribution in [0, 0.1) is 10.1 Å². The highest BCUT2D eigenvalue weighted by Gasteiger charge is 2.17. The molecule has 1 rings (SSSR count). The molecular weight excluding hydrogens is 232 g/mol. The molecule has 5 nitrogen and oxygen atoms in total. The summed E-state index contributed by atoms with van der Waals surface area (Å²) in [5, 5.41) is 13.5. The fourth-order valence-electron chi connectivity index (χ4n) is 1.32. The zero-order chi connectivity index (χ0) is 12.3. The smallest absolute Gasteiger partial charge is 0.294 e. The normalized spacial score (nSPS) is 9.94. The van der Waals surface area contributed by atoms with E-state index in [9.17, 15) is 14.9 Å². The molecule has 0 saturated heterocycles. The molecule has 1 N–H and O–H groups in total. The molecule has 0 bridgehead atoms. The molecule has 1 aromatic carbocycles. The molecule has 0 spiro atoms. The van der Waals surface area contributed by atoms with Crippen LogP contribution >= 0.6 is 11.6 Å². The molecule has 16 heavy (non-hydrogen) atoms. The van der Waals surface area contributed by atoms with Crippen molar-refractivity contribution in [1.29, 1.82) is 0 Å². The fourth-order valence-corrected chi connectivity index (χ4v) is 1.61. The van der Waals surface area contributed by atoms with Crippen LogP contribution in [-0.2, 0) is 11.2 Å². The Bertz CT molecular complexity index is 446. The molecule has 0 aliphatic rings. The van der Waals surface area contributed by atoms with Gasteiger partial charge in [0.25, 0.3) is 5.69 Å². The summed E-state index contributed by atoms with van der Waals surface area (Å²) >= 11 is 5.86. The predicted octanol–water partition coefficient (Wildman–Crippen LogP) is 2.77. The highest BCUT2D eigenvalue weighted by atomic mass is 35.5. The minimum absolute atomic E-state index is 0.179. The average Bonchev–Trinajstić information content (AvgIpc) is 2.19. The average molecular weight is 243 g/mol. The molecule has 0 fully saturated rings. The van der Waals surface area contributed by atoms with E-state index in [1.54, 1.807) is 0 Å². The van der Waals surface area contributed by atoms with Gasteiger partial charge >= 0.3 is 0 Å². The van der Waals surface area contributed by atoms with Crippen molar-refractivity contribution in [2.45, 2.75) is 20.3 Å². The van der Waals surface area contributed by atoms with Gasteiger partial charge in [-0.15, -0.1) is 0 Å². The molecule has 0 aliphatic heterocycles. The van der Waals surface area contributed by atoms with Gasteiger partial charge in [-0.2, -0.15) is 0 Å². The number of carbonyl (C=O) groups excluding carboxylic acids is 1. The van der Waals surface area contributed by atoms with Crippen LogP contribution in [0.1, 0.15) is 19.4 Å². The second-order valence-corrected chi connectivity index (χ2v) is 3.66. The van der Waals surface area contributed by atoms with E-state index in [2.05, 4.69) is 5.32 Å². The van der Waals surface area contributed by atoms with Crippen molar-refractivity contribution in [1.82, 2.24) is 0 Å². The van der Waals surface area contributed by atoms with Crippen molar-refractivity contribution in [2.75, 3.05) is 5.32 Å². The SMILES string of the molecule is CCc1cc(NC(C)=O)c([N+](=O)[O-])cc1Cl. The Balaban J connectivity index is 3.30. The molecule has 86 valence electrons. The summed E-state index contributed by atoms with van der Waals surface area (Å²) in [5.74, 6) is -0.354. The van der Waals surface area contributed by atoms with Gasteiger partial charge < -0.3 is 5.32 Å². The van der Waals surface area contributed by atoms with Crippen molar-refractivity contribution >= 4 is 28.9 Å². The number of benzene rings is 1. The first-order chi connectivity index (χ1) is 7.45. The number of halogens is 1. The molecule has 0 saturated carbocycles. The zero-order valence-corrected chi connectivity index (χ0v) is 9.67. The number of hydrogen-bond acceptors (Lipinski definition) is 3. The van der Waals surface area contributed by atoms with Crippen LogP contribution in [0.15, 0.2) is 12.1 Å². The third-order valence-electron chi connectivity index (χ3n) is 2.05. The standard InChI is InChI=1S/C10H11ClN2O3/c1-3-7-4-9(12-6(2)14)10(13(15)16)5-8(7)11/h4-5H,3H2,1-2H3,(H,12,14). The summed E-state index contributed by atoms with van der Waals surface area (Å²) in [7, 11) is 0. The summed E-state index contributed by atoms with van der Waals surface area (Å²) in [6.45, 7) is 3.18. The van der Waals surface area contributed by atoms with E-state index in [0.717, 1.165) is 5.56 Å². The van der Waals surface area contributed by atoms with Crippen LogP contribution in [0.3, 0.4) is 0 Å². The van der Waals surface area contributed by atoms with E-state index in [4.69, 9.17) is 11.6 Å². The van der Waals surface area contributed by atoms with Gasteiger partial charge in [0.1, 0.15) is 5.69 Å². The van der Waals surface area contributed by atoms with Gasteiger partial charge in [0, 0.05) is 13.0 Å². The van der Waals surface area contributed by atoms with Crippen molar-refractivity contribution in [3.8, 4) is 0 Å². The second-order valence-electron chi connectivity index (χ2n) is 3.25. The van der Waals surface area contributed by atoms with Crippen molar-refractivity contribution in [3.05, 3.63) is 32.8 Å². The number of nitro groups is 1. The highest BCUT2D eigenvalue weighted by Crippen LogP contribution is 2.31. The number of nitro benzene ring substituents is 1. The summed E-state index contributed by atoms with van der Waals surface area (Å²) in [4.78, 5) is 21.1. The molecular formula is C10H11ClN2O3. The van der Waals surface area contributed by atoms with E-state index < -0.39 is 4.92 Å². The lowest BCUT2D eigenvalue weighted by molar-refractivity contribution is -0.383. The third-order valence-corrected chi connectivity index (χ3v) is 2.40. The number of hydrogen-bond donors (Lipinski definition) is 1. The Morgan fingerprint density at radius 3 is 2.62 bits per heavy atom. The van der Waals surface area contributed by atoms with Crippen LogP contribution in [0.4, 0.5) is 11.4 Å². The number of aryl methyl sites for hydroxylation is 1. The lowest BCUT2D eigenvalue weighted by atomic mass is 10.1. The molecule has 0 atom stereocenters. The molecule has 0 aromatic heterocycles. The van der Waals surface area contributed by atoms with Crippen LogP contribution in [0.5, 0.6) is 0 Å². The van der Waals surface area contributed by atoms with Gasteiger partial charge in [-0.05, 0) is 18.1 Å². The first-order valence-corrected chi connectivity index (χ1v) is 5.08. The first-order valence-electron chi connectivity index (χ1n) is 4.70. The Morgan fingerprint density at radius 2 is 2.19 bits per heavy atom. The number of nitrogens with one attached hydrogen (secondary N) is 1. The van der Waals surface area contributed by atoms with Crippen LogP contribution in [-0.4, -0.2) is 10.8 Å². The predicted molar refractivity (Wildman–Crippen MR) is 61.8 cm³/mol. The zero-order valence-electron chi connectivity index (χ0n) is 8.91. The maximum absolute atomic E-state index is 10.9. The van der Waals surface area contributed by atoms with E-state index >= 15 is 0 Å². The van der Waals surface area contributed by atoms with Gasteiger partial charge in [0.15, 0.2) is 0 Å². The third kappa shape index (κ3) is 2.70. The largest absolute Gasteiger partial charge is 0.321 e. The second kappa shape index (κ2) is 4.94. The molecule has 6 heteroatoms. The van der Waals surface area contributed by atoms with Crippen LogP contribution in [0.2, 0.25) is 5.02 Å². The Kier molecular flexibility index (Phi) is 3.84. The molecule has 0 heterocycles. The van der Waals surface area contributed by atoms with E-state index in [1.165, 1.54) is 19.1 Å². The molecule has 1 amide bonds. The monoisotopic (exact) mass is 242 g/mol. The van der Waals surface area contributed by atoms with Crippen molar-refractivity contribution in [3.63, 3.8) is 0 Å². The van der Waals surface area contributed by atoms with Gasteiger partial charge in [-0.3, -0.25) is 14.9 Å². The topological polar surface area (TPSA) is 72.2 Å². The number of carbonyl (C=O) groups is 1. The van der Waals surface area contributed by atoms with Gasteiger partial charge in [-0.1, -0.05) is 18.5 Å². The minimum Gasteiger partial charge on any atom is -0.321 e. The van der Waals surface area contributed by atoms with E-state index in [-0.39, 0.29) is 17.3 Å². The summed E-state index contributed by atoms with van der Waals surface area (Å²) in [5.41, 5.74) is 0.743. The quantitative estimate of drug-likeness (QED) is 0.654. The maximum atomic E-state index is 10.9. The Hall–Kier alpha value is -1.62. The number of anilines is 1. The van der Waals surface area contributed by atoms with Gasteiger partial charge in [-0.25, -0.2) is 0 Å². The summed E-state index contributed by atoms with van der Waals surface area (Å²) in [6.07, 6.45) is 0.642. The molecule has 1 aromatic rings. The highest BCUT2D eigenvalue weighted by molar-refractivity contribution is 6.31. The fraction of sp³-hybridized carbons (Fsp3) is 0.300. The lowest BCUT2D eigenvalue weighted by Crippen LogP contribution is -2.08. The van der Waals surface area contributed by atoms with E-state index in [1.807, 2.05) is 6.92 Å². The number of rotatable bonds is 3. The van der Waals surface area contributed by atoms with Crippen molar-refractivity contribution < 1.29 is 9.72 Å². The van der Waals surface area contributed by atoms with Gasteiger partial charge in [0.05, 0.1) is 9.95 Å². The first kappa shape index (κ1) is 12.4. The van der Waals surface area contributed by atoms with E-state index in [0.29, 0.717) is 11.4 Å². The van der Waals surface area contributed by atoms with Gasteiger partial charge in [0.2, 0.25) is 5.91 Å². The van der Waals surface area contributed by atoms with Crippen molar-refractivity contribution in [2.24, 2.45) is 0 Å².